The molecule has 0 fully saturated rings. The summed E-state index contributed by atoms with van der Waals surface area (Å²) < 4.78 is 27.5. The SMILES string of the molecule is CCNS(=O)(=O)OCC.N. The van der Waals surface area contributed by atoms with Gasteiger partial charge in [0.25, 0.3) is 0 Å². The van der Waals surface area contributed by atoms with E-state index in [1.54, 1.807) is 13.8 Å². The summed E-state index contributed by atoms with van der Waals surface area (Å²) in [5.41, 5.74) is 0. The highest BCUT2D eigenvalue weighted by atomic mass is 32.2. The van der Waals surface area contributed by atoms with E-state index in [0.717, 1.165) is 0 Å². The minimum absolute atomic E-state index is 0. The van der Waals surface area contributed by atoms with Crippen LogP contribution < -0.4 is 10.9 Å². The maximum Gasteiger partial charge on any atom is 0.335 e. The molecule has 0 atom stereocenters. The molecule has 6 heteroatoms. The molecule has 10 heavy (non-hydrogen) atoms. The molecule has 0 rings (SSSR count). The molecule has 0 radical (unpaired) electrons. The first-order valence-electron chi connectivity index (χ1n) is 2.76. The van der Waals surface area contributed by atoms with Crippen LogP contribution in [0.4, 0.5) is 0 Å². The Balaban J connectivity index is 0. The van der Waals surface area contributed by atoms with Crippen molar-refractivity contribution in [2.24, 2.45) is 0 Å². The fraction of sp³-hybridized carbons (Fsp3) is 1.00. The van der Waals surface area contributed by atoms with Gasteiger partial charge in [0.1, 0.15) is 0 Å². The molecule has 0 aromatic carbocycles. The third kappa shape index (κ3) is 5.96. The summed E-state index contributed by atoms with van der Waals surface area (Å²) in [6.07, 6.45) is 0. The van der Waals surface area contributed by atoms with Crippen molar-refractivity contribution in [3.63, 3.8) is 0 Å². The summed E-state index contributed by atoms with van der Waals surface area (Å²) in [6.45, 7) is 3.85. The lowest BCUT2D eigenvalue weighted by Crippen LogP contribution is -2.25. The molecular weight excluding hydrogens is 156 g/mol. The average molecular weight is 170 g/mol. The standard InChI is InChI=1S/C4H11NO3S.H3N/c1-3-5-9(6,7)8-4-2;/h5H,3-4H2,1-2H3;1H3. The summed E-state index contributed by atoms with van der Waals surface area (Å²) in [4.78, 5) is 0. The van der Waals surface area contributed by atoms with E-state index < -0.39 is 10.3 Å². The lowest BCUT2D eigenvalue weighted by molar-refractivity contribution is 0.331. The van der Waals surface area contributed by atoms with E-state index in [0.29, 0.717) is 6.54 Å². The first kappa shape index (κ1) is 12.5. The average Bonchev–Trinajstić information content (AvgIpc) is 1.64. The van der Waals surface area contributed by atoms with Crippen LogP contribution in [0.2, 0.25) is 0 Å². The molecule has 0 spiro atoms. The van der Waals surface area contributed by atoms with Gasteiger partial charge in [0.05, 0.1) is 6.61 Å². The molecule has 64 valence electrons. The van der Waals surface area contributed by atoms with E-state index in [-0.39, 0.29) is 12.8 Å². The Bertz CT molecular complexity index is 142. The number of hydrogen-bond donors (Lipinski definition) is 2. The lowest BCUT2D eigenvalue weighted by atomic mass is 10.8. The molecule has 0 bridgehead atoms. The lowest BCUT2D eigenvalue weighted by Gasteiger charge is -2.00. The van der Waals surface area contributed by atoms with Gasteiger partial charge in [-0.25, -0.2) is 0 Å². The Kier molecular flexibility index (Phi) is 7.00. The van der Waals surface area contributed by atoms with Crippen LogP contribution in [0, 0.1) is 0 Å². The van der Waals surface area contributed by atoms with Gasteiger partial charge in [0, 0.05) is 6.54 Å². The molecule has 0 aromatic heterocycles. The molecule has 0 aliphatic heterocycles. The predicted octanol–water partition coefficient (Wildman–Crippen LogP) is 0.0392. The van der Waals surface area contributed by atoms with Gasteiger partial charge < -0.3 is 6.15 Å². The van der Waals surface area contributed by atoms with Gasteiger partial charge >= 0.3 is 10.3 Å². The van der Waals surface area contributed by atoms with E-state index in [1.165, 1.54) is 0 Å². The van der Waals surface area contributed by atoms with E-state index in [4.69, 9.17) is 0 Å². The fourth-order valence-corrected chi connectivity index (χ4v) is 1.12. The summed E-state index contributed by atoms with van der Waals surface area (Å²) in [5.74, 6) is 0. The van der Waals surface area contributed by atoms with Crippen LogP contribution in [0.15, 0.2) is 0 Å². The highest BCUT2D eigenvalue weighted by molar-refractivity contribution is 7.84. The van der Waals surface area contributed by atoms with Crippen molar-refractivity contribution < 1.29 is 12.6 Å². The topological polar surface area (TPSA) is 90.4 Å². The Labute approximate surface area is 61.6 Å². The van der Waals surface area contributed by atoms with Crippen molar-refractivity contribution >= 4 is 10.3 Å². The number of rotatable bonds is 4. The molecule has 4 N–H and O–H groups in total. The Hall–Kier alpha value is -0.170. The highest BCUT2D eigenvalue weighted by Gasteiger charge is 2.04. The summed E-state index contributed by atoms with van der Waals surface area (Å²) in [7, 11) is -3.43. The van der Waals surface area contributed by atoms with E-state index >= 15 is 0 Å². The van der Waals surface area contributed by atoms with Gasteiger partial charge in [-0.1, -0.05) is 6.92 Å². The fourth-order valence-electron chi connectivity index (χ4n) is 0.374. The number of nitrogens with one attached hydrogen (secondary N) is 1. The molecular formula is C4H14N2O3S. The largest absolute Gasteiger partial charge is 0.344 e. The van der Waals surface area contributed by atoms with Gasteiger partial charge in [0.2, 0.25) is 0 Å². The van der Waals surface area contributed by atoms with Crippen molar-refractivity contribution in [3.05, 3.63) is 0 Å². The monoisotopic (exact) mass is 170 g/mol. The Morgan fingerprint density at radius 1 is 1.40 bits per heavy atom. The van der Waals surface area contributed by atoms with E-state index in [2.05, 4.69) is 8.91 Å². The van der Waals surface area contributed by atoms with Crippen LogP contribution in [0.5, 0.6) is 0 Å². The Morgan fingerprint density at radius 3 is 2.20 bits per heavy atom. The maximum absolute atomic E-state index is 10.5. The molecule has 0 aliphatic rings. The molecule has 0 saturated carbocycles. The van der Waals surface area contributed by atoms with E-state index in [9.17, 15) is 8.42 Å². The van der Waals surface area contributed by atoms with Gasteiger partial charge in [-0.2, -0.15) is 13.1 Å². The first-order valence-corrected chi connectivity index (χ1v) is 4.17. The summed E-state index contributed by atoms with van der Waals surface area (Å²) >= 11 is 0. The first-order chi connectivity index (χ1) is 4.12. The van der Waals surface area contributed by atoms with Crippen LogP contribution in [-0.2, 0) is 14.5 Å². The minimum atomic E-state index is -3.43. The predicted molar refractivity (Wildman–Crippen MR) is 39.2 cm³/mol. The smallest absolute Gasteiger partial charge is 0.335 e. The zero-order valence-corrected chi connectivity index (χ0v) is 7.07. The molecule has 0 aliphatic carbocycles. The molecule has 0 unspecified atom stereocenters. The van der Waals surface area contributed by atoms with Crippen molar-refractivity contribution in [2.45, 2.75) is 13.8 Å². The second-order valence-corrected chi connectivity index (χ2v) is 2.79. The third-order valence-electron chi connectivity index (χ3n) is 0.594. The molecule has 0 heterocycles. The normalized spacial score (nSPS) is 10.6. The quantitative estimate of drug-likeness (QED) is 0.623. The van der Waals surface area contributed by atoms with Crippen molar-refractivity contribution in [1.29, 1.82) is 0 Å². The second kappa shape index (κ2) is 5.60. The maximum atomic E-state index is 10.5. The van der Waals surface area contributed by atoms with Gasteiger partial charge in [-0.3, -0.25) is 4.18 Å². The van der Waals surface area contributed by atoms with Crippen molar-refractivity contribution in [3.8, 4) is 0 Å². The van der Waals surface area contributed by atoms with E-state index in [1.807, 2.05) is 0 Å². The zero-order chi connectivity index (χ0) is 7.33. The van der Waals surface area contributed by atoms with Crippen molar-refractivity contribution in [1.82, 2.24) is 10.9 Å². The highest BCUT2D eigenvalue weighted by Crippen LogP contribution is 1.83. The minimum Gasteiger partial charge on any atom is -0.344 e. The van der Waals surface area contributed by atoms with Crippen LogP contribution >= 0.6 is 0 Å². The van der Waals surface area contributed by atoms with Gasteiger partial charge in [-0.05, 0) is 6.92 Å². The molecule has 0 amide bonds. The van der Waals surface area contributed by atoms with Crippen LogP contribution in [0.3, 0.4) is 0 Å². The Morgan fingerprint density at radius 2 is 1.90 bits per heavy atom. The second-order valence-electron chi connectivity index (χ2n) is 1.36. The summed E-state index contributed by atoms with van der Waals surface area (Å²) in [5, 5.41) is 0. The number of hydrogen-bond acceptors (Lipinski definition) is 4. The zero-order valence-electron chi connectivity index (χ0n) is 6.25. The van der Waals surface area contributed by atoms with Crippen LogP contribution in [0.1, 0.15) is 13.8 Å². The summed E-state index contributed by atoms with van der Waals surface area (Å²) in [6, 6.07) is 0. The molecule has 0 saturated heterocycles. The molecule has 0 aromatic rings. The van der Waals surface area contributed by atoms with Gasteiger partial charge in [0.15, 0.2) is 0 Å². The van der Waals surface area contributed by atoms with Crippen molar-refractivity contribution in [2.75, 3.05) is 13.2 Å². The van der Waals surface area contributed by atoms with Crippen LogP contribution in [-0.4, -0.2) is 21.6 Å². The molecule has 5 nitrogen and oxygen atoms in total. The van der Waals surface area contributed by atoms with Crippen LogP contribution in [0.25, 0.3) is 0 Å². The third-order valence-corrected chi connectivity index (χ3v) is 1.78. The van der Waals surface area contributed by atoms with Gasteiger partial charge in [-0.15, -0.1) is 0 Å².